The molecule has 0 unspecified atom stereocenters. The standard InChI is InChI=1S/C16H30/c1-13(2)8-10-15(11-9-14(3)4)12-16(5,6)7/h8-9,15H,10-12H2,1-7H3. The molecule has 0 radical (unpaired) electrons. The van der Waals surface area contributed by atoms with Crippen LogP contribution < -0.4 is 0 Å². The van der Waals surface area contributed by atoms with Gasteiger partial charge in [0.1, 0.15) is 0 Å². The molecule has 0 saturated carbocycles. The first-order chi connectivity index (χ1) is 7.20. The van der Waals surface area contributed by atoms with E-state index in [4.69, 9.17) is 0 Å². The van der Waals surface area contributed by atoms with E-state index in [9.17, 15) is 0 Å². The maximum absolute atomic E-state index is 2.38. The summed E-state index contributed by atoms with van der Waals surface area (Å²) in [5, 5.41) is 0. The molecule has 0 saturated heterocycles. The predicted octanol–water partition coefficient (Wildman–Crippen LogP) is 5.75. The zero-order chi connectivity index (χ0) is 12.8. The SMILES string of the molecule is CC(C)=CCC(CC=C(C)C)CC(C)(C)C. The van der Waals surface area contributed by atoms with Gasteiger partial charge in [0.2, 0.25) is 0 Å². The van der Waals surface area contributed by atoms with Crippen molar-refractivity contribution in [2.45, 2.75) is 67.7 Å². The van der Waals surface area contributed by atoms with Gasteiger partial charge in [-0.25, -0.2) is 0 Å². The molecule has 0 fully saturated rings. The molecular formula is C16H30. The smallest absolute Gasteiger partial charge is 0.0317 e. The highest BCUT2D eigenvalue weighted by Crippen LogP contribution is 2.29. The van der Waals surface area contributed by atoms with E-state index in [0.29, 0.717) is 5.41 Å². The average molecular weight is 222 g/mol. The summed E-state index contributed by atoms with van der Waals surface area (Å²) in [7, 11) is 0. The quantitative estimate of drug-likeness (QED) is 0.519. The normalized spacial score (nSPS) is 11.5. The van der Waals surface area contributed by atoms with Crippen LogP contribution in [0.2, 0.25) is 0 Å². The van der Waals surface area contributed by atoms with Gasteiger partial charge in [-0.15, -0.1) is 0 Å². The third kappa shape index (κ3) is 10.0. The summed E-state index contributed by atoms with van der Waals surface area (Å²) in [6, 6.07) is 0. The van der Waals surface area contributed by atoms with Crippen molar-refractivity contribution in [2.75, 3.05) is 0 Å². The molecule has 0 bridgehead atoms. The van der Waals surface area contributed by atoms with Gasteiger partial charge in [-0.1, -0.05) is 44.1 Å². The van der Waals surface area contributed by atoms with Gasteiger partial charge in [0.15, 0.2) is 0 Å². The second kappa shape index (κ2) is 6.93. The number of allylic oxidation sites excluding steroid dienone is 4. The van der Waals surface area contributed by atoms with Crippen LogP contribution in [0.25, 0.3) is 0 Å². The Labute approximate surface area is 103 Å². The minimum atomic E-state index is 0.440. The molecule has 0 aromatic heterocycles. The van der Waals surface area contributed by atoms with Crippen LogP contribution >= 0.6 is 0 Å². The predicted molar refractivity (Wildman–Crippen MR) is 75.7 cm³/mol. The molecule has 0 amide bonds. The molecule has 0 atom stereocenters. The zero-order valence-corrected chi connectivity index (χ0v) is 12.4. The van der Waals surface area contributed by atoms with Crippen molar-refractivity contribution < 1.29 is 0 Å². The van der Waals surface area contributed by atoms with Gasteiger partial charge in [-0.05, 0) is 58.3 Å². The van der Waals surface area contributed by atoms with Crippen LogP contribution in [0, 0.1) is 11.3 Å². The van der Waals surface area contributed by atoms with Crippen LogP contribution in [0.5, 0.6) is 0 Å². The molecule has 0 aliphatic rings. The lowest BCUT2D eigenvalue weighted by molar-refractivity contribution is 0.295. The molecule has 16 heavy (non-hydrogen) atoms. The van der Waals surface area contributed by atoms with E-state index in [-0.39, 0.29) is 0 Å². The Hall–Kier alpha value is -0.520. The fourth-order valence-electron chi connectivity index (χ4n) is 1.93. The molecule has 0 aliphatic carbocycles. The number of hydrogen-bond donors (Lipinski definition) is 0. The fraction of sp³-hybridized carbons (Fsp3) is 0.750. The topological polar surface area (TPSA) is 0 Å². The molecule has 0 aromatic carbocycles. The van der Waals surface area contributed by atoms with E-state index in [1.54, 1.807) is 0 Å². The van der Waals surface area contributed by atoms with E-state index in [2.05, 4.69) is 60.6 Å². The van der Waals surface area contributed by atoms with Crippen molar-refractivity contribution in [3.05, 3.63) is 23.3 Å². The van der Waals surface area contributed by atoms with Gasteiger partial charge in [-0.2, -0.15) is 0 Å². The Morgan fingerprint density at radius 1 is 0.875 bits per heavy atom. The minimum absolute atomic E-state index is 0.440. The van der Waals surface area contributed by atoms with E-state index in [0.717, 1.165) is 5.92 Å². The number of hydrogen-bond acceptors (Lipinski definition) is 0. The molecule has 0 heterocycles. The second-order valence-corrected chi connectivity index (χ2v) is 6.67. The first-order valence-electron chi connectivity index (χ1n) is 6.47. The van der Waals surface area contributed by atoms with Crippen molar-refractivity contribution in [1.29, 1.82) is 0 Å². The largest absolute Gasteiger partial charge is 0.0856 e. The Kier molecular flexibility index (Phi) is 6.71. The lowest BCUT2D eigenvalue weighted by Crippen LogP contribution is -2.12. The van der Waals surface area contributed by atoms with Gasteiger partial charge in [0.05, 0.1) is 0 Å². The summed E-state index contributed by atoms with van der Waals surface area (Å²) >= 11 is 0. The molecule has 0 rings (SSSR count). The van der Waals surface area contributed by atoms with Gasteiger partial charge >= 0.3 is 0 Å². The van der Waals surface area contributed by atoms with Crippen LogP contribution in [-0.2, 0) is 0 Å². The number of rotatable bonds is 5. The highest BCUT2D eigenvalue weighted by atomic mass is 14.2. The Bertz CT molecular complexity index is 220. The van der Waals surface area contributed by atoms with Gasteiger partial charge in [0.25, 0.3) is 0 Å². The highest BCUT2D eigenvalue weighted by Gasteiger charge is 2.16. The summed E-state index contributed by atoms with van der Waals surface area (Å²) < 4.78 is 0. The highest BCUT2D eigenvalue weighted by molar-refractivity contribution is 4.98. The third-order valence-electron chi connectivity index (χ3n) is 2.62. The van der Waals surface area contributed by atoms with Gasteiger partial charge in [0, 0.05) is 0 Å². The Morgan fingerprint density at radius 3 is 1.50 bits per heavy atom. The van der Waals surface area contributed by atoms with Crippen molar-refractivity contribution in [3.63, 3.8) is 0 Å². The monoisotopic (exact) mass is 222 g/mol. The molecule has 0 N–H and O–H groups in total. The maximum atomic E-state index is 2.38. The molecule has 0 aliphatic heterocycles. The molecule has 94 valence electrons. The summed E-state index contributed by atoms with van der Waals surface area (Å²) in [4.78, 5) is 0. The lowest BCUT2D eigenvalue weighted by Gasteiger charge is -2.24. The summed E-state index contributed by atoms with van der Waals surface area (Å²) in [6.07, 6.45) is 8.53. The maximum Gasteiger partial charge on any atom is -0.0317 e. The zero-order valence-electron chi connectivity index (χ0n) is 12.4. The average Bonchev–Trinajstić information content (AvgIpc) is 2.07. The van der Waals surface area contributed by atoms with Crippen molar-refractivity contribution in [1.82, 2.24) is 0 Å². The molecule has 0 heteroatoms. The molecule has 0 nitrogen and oxygen atoms in total. The summed E-state index contributed by atoms with van der Waals surface area (Å²) in [5.74, 6) is 0.796. The van der Waals surface area contributed by atoms with Crippen LogP contribution in [0.1, 0.15) is 67.7 Å². The Balaban J connectivity index is 4.39. The third-order valence-corrected chi connectivity index (χ3v) is 2.62. The fourth-order valence-corrected chi connectivity index (χ4v) is 1.93. The molecular weight excluding hydrogens is 192 g/mol. The second-order valence-electron chi connectivity index (χ2n) is 6.67. The lowest BCUT2D eigenvalue weighted by atomic mass is 9.81. The van der Waals surface area contributed by atoms with Crippen LogP contribution in [0.4, 0.5) is 0 Å². The van der Waals surface area contributed by atoms with Crippen molar-refractivity contribution >= 4 is 0 Å². The van der Waals surface area contributed by atoms with Crippen molar-refractivity contribution in [2.24, 2.45) is 11.3 Å². The van der Waals surface area contributed by atoms with E-state index in [1.165, 1.54) is 30.4 Å². The van der Waals surface area contributed by atoms with E-state index >= 15 is 0 Å². The molecule has 0 aromatic rings. The van der Waals surface area contributed by atoms with Crippen LogP contribution in [0.3, 0.4) is 0 Å². The first-order valence-corrected chi connectivity index (χ1v) is 6.47. The van der Waals surface area contributed by atoms with Crippen molar-refractivity contribution in [3.8, 4) is 0 Å². The summed E-state index contributed by atoms with van der Waals surface area (Å²) in [6.45, 7) is 15.8. The minimum Gasteiger partial charge on any atom is -0.0856 e. The Morgan fingerprint density at radius 2 is 1.25 bits per heavy atom. The van der Waals surface area contributed by atoms with Crippen LogP contribution in [-0.4, -0.2) is 0 Å². The summed E-state index contributed by atoms with van der Waals surface area (Å²) in [5.41, 5.74) is 3.32. The van der Waals surface area contributed by atoms with Gasteiger partial charge < -0.3 is 0 Å². The van der Waals surface area contributed by atoms with E-state index < -0.39 is 0 Å². The van der Waals surface area contributed by atoms with Crippen LogP contribution in [0.15, 0.2) is 23.3 Å². The van der Waals surface area contributed by atoms with E-state index in [1.807, 2.05) is 0 Å². The first kappa shape index (κ1) is 15.5. The van der Waals surface area contributed by atoms with Gasteiger partial charge in [-0.3, -0.25) is 0 Å². The molecule has 0 spiro atoms.